The summed E-state index contributed by atoms with van der Waals surface area (Å²) in [6, 6.07) is 15.9. The number of hydrogen-bond acceptors (Lipinski definition) is 5. The van der Waals surface area contributed by atoms with E-state index < -0.39 is 0 Å². The zero-order valence-corrected chi connectivity index (χ0v) is 18.0. The van der Waals surface area contributed by atoms with Crippen LogP contribution in [0.3, 0.4) is 0 Å². The second kappa shape index (κ2) is 8.59. The number of benzene rings is 1. The zero-order chi connectivity index (χ0) is 21.1. The molecule has 4 aromatic rings. The summed E-state index contributed by atoms with van der Waals surface area (Å²) in [6.45, 7) is 7.02. The van der Waals surface area contributed by atoms with Gasteiger partial charge in [-0.25, -0.2) is 4.98 Å². The average molecular weight is 418 g/mol. The van der Waals surface area contributed by atoms with Gasteiger partial charge in [0, 0.05) is 24.0 Å². The van der Waals surface area contributed by atoms with Crippen LogP contribution < -0.4 is 5.32 Å². The number of nitrogens with zero attached hydrogens (tertiary/aromatic N) is 4. The molecule has 0 fully saturated rings. The topological polar surface area (TPSA) is 72.7 Å². The highest BCUT2D eigenvalue weighted by Gasteiger charge is 2.18. The summed E-state index contributed by atoms with van der Waals surface area (Å²) in [5.74, 6) is -0.123. The smallest absolute Gasteiger partial charge is 0.263 e. The summed E-state index contributed by atoms with van der Waals surface area (Å²) >= 11 is 1.36. The molecule has 0 radical (unpaired) electrons. The summed E-state index contributed by atoms with van der Waals surface area (Å²) in [6.07, 6.45) is 1.73. The van der Waals surface area contributed by atoms with Gasteiger partial charge >= 0.3 is 0 Å². The molecule has 0 aliphatic rings. The van der Waals surface area contributed by atoms with Crippen LogP contribution in [-0.2, 0) is 13.1 Å². The van der Waals surface area contributed by atoms with Crippen molar-refractivity contribution < 1.29 is 4.79 Å². The Kier molecular flexibility index (Phi) is 5.72. The zero-order valence-electron chi connectivity index (χ0n) is 17.2. The number of nitrogens with one attached hydrogen (secondary N) is 1. The van der Waals surface area contributed by atoms with Crippen molar-refractivity contribution in [3.63, 3.8) is 0 Å². The van der Waals surface area contributed by atoms with Crippen LogP contribution in [0, 0.1) is 20.8 Å². The van der Waals surface area contributed by atoms with Crippen LogP contribution in [0.15, 0.2) is 54.7 Å². The van der Waals surface area contributed by atoms with Gasteiger partial charge in [-0.1, -0.05) is 36.4 Å². The van der Waals surface area contributed by atoms with Crippen LogP contribution in [0.5, 0.6) is 0 Å². The van der Waals surface area contributed by atoms with Crippen LogP contribution in [-0.4, -0.2) is 25.7 Å². The fourth-order valence-corrected chi connectivity index (χ4v) is 4.31. The van der Waals surface area contributed by atoms with Gasteiger partial charge in [-0.2, -0.15) is 5.10 Å². The molecule has 0 bridgehead atoms. The quantitative estimate of drug-likeness (QED) is 0.508. The number of rotatable bonds is 6. The Labute approximate surface area is 179 Å². The van der Waals surface area contributed by atoms with Crippen LogP contribution in [0.25, 0.3) is 10.7 Å². The van der Waals surface area contributed by atoms with Crippen molar-refractivity contribution >= 4 is 17.2 Å². The summed E-state index contributed by atoms with van der Waals surface area (Å²) < 4.78 is 1.99. The molecule has 0 unspecified atom stereocenters. The molecule has 30 heavy (non-hydrogen) atoms. The van der Waals surface area contributed by atoms with Crippen molar-refractivity contribution in [3.8, 4) is 10.7 Å². The van der Waals surface area contributed by atoms with Crippen molar-refractivity contribution in [1.82, 2.24) is 25.1 Å². The fourth-order valence-electron chi connectivity index (χ4n) is 3.36. The van der Waals surface area contributed by atoms with E-state index >= 15 is 0 Å². The molecule has 4 rings (SSSR count). The lowest BCUT2D eigenvalue weighted by Crippen LogP contribution is -2.23. The highest BCUT2D eigenvalue weighted by Crippen LogP contribution is 2.26. The average Bonchev–Trinajstić information content (AvgIpc) is 3.27. The third-order valence-electron chi connectivity index (χ3n) is 5.02. The molecule has 6 nitrogen and oxygen atoms in total. The van der Waals surface area contributed by atoms with Gasteiger partial charge in [0.15, 0.2) is 0 Å². The van der Waals surface area contributed by atoms with E-state index in [2.05, 4.69) is 32.5 Å². The van der Waals surface area contributed by atoms with Crippen LogP contribution in [0.4, 0.5) is 0 Å². The van der Waals surface area contributed by atoms with E-state index in [1.807, 2.05) is 61.9 Å². The fraction of sp³-hybridized carbons (Fsp3) is 0.217. The molecule has 0 saturated heterocycles. The van der Waals surface area contributed by atoms with Gasteiger partial charge in [0.1, 0.15) is 9.88 Å². The molecule has 0 saturated carbocycles. The minimum Gasteiger partial charge on any atom is -0.347 e. The van der Waals surface area contributed by atoms with Gasteiger partial charge in [-0.15, -0.1) is 11.3 Å². The third-order valence-corrected chi connectivity index (χ3v) is 6.20. The van der Waals surface area contributed by atoms with E-state index in [0.29, 0.717) is 23.7 Å². The van der Waals surface area contributed by atoms with Crippen molar-refractivity contribution in [2.45, 2.75) is 33.9 Å². The first-order valence-corrected chi connectivity index (χ1v) is 10.6. The van der Waals surface area contributed by atoms with Gasteiger partial charge in [-0.05, 0) is 38.5 Å². The van der Waals surface area contributed by atoms with Gasteiger partial charge in [0.25, 0.3) is 5.91 Å². The van der Waals surface area contributed by atoms with E-state index in [1.54, 1.807) is 6.20 Å². The third kappa shape index (κ3) is 4.16. The largest absolute Gasteiger partial charge is 0.347 e. The van der Waals surface area contributed by atoms with E-state index in [0.717, 1.165) is 27.7 Å². The molecule has 3 aromatic heterocycles. The number of thiazole rings is 1. The summed E-state index contributed by atoms with van der Waals surface area (Å²) in [7, 11) is 0. The number of pyridine rings is 1. The Hall–Kier alpha value is -3.32. The Balaban J connectivity index is 1.48. The second-order valence-corrected chi connectivity index (χ2v) is 8.12. The highest BCUT2D eigenvalue weighted by molar-refractivity contribution is 7.17. The molecule has 1 N–H and O–H groups in total. The molecular formula is C23H23N5OS. The minimum absolute atomic E-state index is 0.123. The summed E-state index contributed by atoms with van der Waals surface area (Å²) in [5, 5.41) is 8.45. The number of aryl methyl sites for hydroxylation is 2. The maximum absolute atomic E-state index is 12.8. The van der Waals surface area contributed by atoms with E-state index in [-0.39, 0.29) is 5.91 Å². The molecule has 0 aliphatic heterocycles. The Morgan fingerprint density at radius 3 is 2.53 bits per heavy atom. The molecule has 7 heteroatoms. The molecule has 1 amide bonds. The number of hydrogen-bond donors (Lipinski definition) is 1. The van der Waals surface area contributed by atoms with Crippen molar-refractivity contribution in [2.24, 2.45) is 0 Å². The summed E-state index contributed by atoms with van der Waals surface area (Å²) in [4.78, 5) is 22.3. The predicted octanol–water partition coefficient (Wildman–Crippen LogP) is 4.31. The first-order chi connectivity index (χ1) is 14.5. The number of carbonyl (C=O) groups is 1. The second-order valence-electron chi connectivity index (χ2n) is 7.12. The lowest BCUT2D eigenvalue weighted by molar-refractivity contribution is 0.0954. The van der Waals surface area contributed by atoms with Crippen LogP contribution >= 0.6 is 11.3 Å². The molecule has 0 spiro atoms. The first kappa shape index (κ1) is 20.0. The standard InChI is InChI=1S/C23H23N5OS/c1-15-19(17(3)28(27-15)14-18-9-5-4-6-10-18)13-25-22(29)21-16(2)26-23(30-21)20-11-7-8-12-24-20/h4-12H,13-14H2,1-3H3,(H,25,29). The Morgan fingerprint density at radius 1 is 1.03 bits per heavy atom. The highest BCUT2D eigenvalue weighted by atomic mass is 32.1. The van der Waals surface area contributed by atoms with Crippen molar-refractivity contribution in [1.29, 1.82) is 0 Å². The van der Waals surface area contributed by atoms with Gasteiger partial charge in [0.05, 0.1) is 23.6 Å². The maximum Gasteiger partial charge on any atom is 0.263 e. The maximum atomic E-state index is 12.8. The number of amides is 1. The van der Waals surface area contributed by atoms with Gasteiger partial charge in [0.2, 0.25) is 0 Å². The monoisotopic (exact) mass is 417 g/mol. The minimum atomic E-state index is -0.123. The van der Waals surface area contributed by atoms with Gasteiger partial charge in [-0.3, -0.25) is 14.5 Å². The lowest BCUT2D eigenvalue weighted by atomic mass is 10.2. The van der Waals surface area contributed by atoms with E-state index in [9.17, 15) is 4.79 Å². The van der Waals surface area contributed by atoms with Gasteiger partial charge < -0.3 is 5.32 Å². The molecule has 1 aromatic carbocycles. The predicted molar refractivity (Wildman–Crippen MR) is 118 cm³/mol. The molecule has 0 aliphatic carbocycles. The Bertz CT molecular complexity index is 1170. The normalized spacial score (nSPS) is 10.9. The molecule has 0 atom stereocenters. The number of carbonyl (C=O) groups excluding carboxylic acids is 1. The molecular weight excluding hydrogens is 394 g/mol. The first-order valence-electron chi connectivity index (χ1n) is 9.76. The van der Waals surface area contributed by atoms with Crippen molar-refractivity contribution in [2.75, 3.05) is 0 Å². The lowest BCUT2D eigenvalue weighted by Gasteiger charge is -2.07. The Morgan fingerprint density at radius 2 is 1.80 bits per heavy atom. The molecule has 3 heterocycles. The number of aromatic nitrogens is 4. The van der Waals surface area contributed by atoms with E-state index in [4.69, 9.17) is 0 Å². The summed E-state index contributed by atoms with van der Waals surface area (Å²) in [5.41, 5.74) is 5.73. The van der Waals surface area contributed by atoms with Crippen molar-refractivity contribution in [3.05, 3.63) is 87.8 Å². The van der Waals surface area contributed by atoms with Crippen LogP contribution in [0.1, 0.15) is 37.9 Å². The molecule has 152 valence electrons. The van der Waals surface area contributed by atoms with E-state index in [1.165, 1.54) is 16.9 Å². The van der Waals surface area contributed by atoms with Crippen LogP contribution in [0.2, 0.25) is 0 Å². The SMILES string of the molecule is Cc1nc(-c2ccccn2)sc1C(=O)NCc1c(C)nn(Cc2ccccc2)c1C.